The summed E-state index contributed by atoms with van der Waals surface area (Å²) in [5.41, 5.74) is 7.55. The monoisotopic (exact) mass is 431 g/mol. The van der Waals surface area contributed by atoms with Crippen LogP contribution in [0.4, 0.5) is 0 Å². The Morgan fingerprint density at radius 3 is 1.46 bits per heavy atom. The minimum absolute atomic E-state index is 0.00866. The molecule has 2 aromatic rings. The second-order valence-electron chi connectivity index (χ2n) is 5.92. The summed E-state index contributed by atoms with van der Waals surface area (Å²) in [7, 11) is 0. The summed E-state index contributed by atoms with van der Waals surface area (Å²) in [6.07, 6.45) is 6.40. The molecule has 0 spiro atoms. The van der Waals surface area contributed by atoms with Gasteiger partial charge in [-0.05, 0) is 46.2 Å². The zero-order valence-electron chi connectivity index (χ0n) is 13.6. The molecule has 24 heavy (non-hydrogen) atoms. The van der Waals surface area contributed by atoms with Gasteiger partial charge >= 0.3 is 29.4 Å². The van der Waals surface area contributed by atoms with E-state index in [4.69, 9.17) is 23.2 Å². The van der Waals surface area contributed by atoms with Crippen LogP contribution >= 0.6 is 23.2 Å². The Kier molecular flexibility index (Phi) is 6.19. The van der Waals surface area contributed by atoms with Gasteiger partial charge in [0, 0.05) is 0 Å². The van der Waals surface area contributed by atoms with Crippen LogP contribution in [0.25, 0.3) is 12.2 Å². The maximum atomic E-state index is 6.60. The van der Waals surface area contributed by atoms with Crippen molar-refractivity contribution in [3.05, 3.63) is 81.9 Å². The minimum atomic E-state index is 0.00866. The van der Waals surface area contributed by atoms with E-state index in [0.29, 0.717) is 0 Å². The van der Waals surface area contributed by atoms with E-state index >= 15 is 0 Å². The van der Waals surface area contributed by atoms with E-state index in [9.17, 15) is 0 Å². The fourth-order valence-electron chi connectivity index (χ4n) is 3.38. The summed E-state index contributed by atoms with van der Waals surface area (Å²) in [5.74, 6) is 0. The van der Waals surface area contributed by atoms with E-state index in [2.05, 4.69) is 65.3 Å². The van der Waals surface area contributed by atoms with Gasteiger partial charge in [-0.15, -0.1) is 23.2 Å². The fourth-order valence-corrected chi connectivity index (χ4v) is 4.12. The Bertz CT molecular complexity index is 724. The van der Waals surface area contributed by atoms with Crippen molar-refractivity contribution >= 4 is 35.4 Å². The molecular weight excluding hydrogens is 414 g/mol. The van der Waals surface area contributed by atoms with Crippen molar-refractivity contribution in [3.63, 3.8) is 0 Å². The first kappa shape index (κ1) is 18.2. The van der Waals surface area contributed by atoms with Crippen LogP contribution in [0.15, 0.2) is 59.7 Å². The van der Waals surface area contributed by atoms with E-state index < -0.39 is 0 Å². The molecule has 2 aromatic carbocycles. The molecule has 2 aliphatic carbocycles. The SMILES string of the molecule is ClC1C(CCC2=Cc3ccccc3C2Cl)=Cc2ccccc21.[CH3][Zr]. The second-order valence-corrected chi connectivity index (χ2v) is 6.79. The van der Waals surface area contributed by atoms with Crippen molar-refractivity contribution < 1.29 is 24.7 Å². The van der Waals surface area contributed by atoms with Crippen molar-refractivity contribution in [1.29, 1.82) is 0 Å². The molecule has 0 heterocycles. The van der Waals surface area contributed by atoms with Crippen LogP contribution in [0.5, 0.6) is 0 Å². The number of halogens is 2. The molecule has 0 fully saturated rings. The summed E-state index contributed by atoms with van der Waals surface area (Å²) in [5, 5.41) is 0.0173. The molecule has 0 saturated heterocycles. The zero-order valence-corrected chi connectivity index (χ0v) is 17.6. The quantitative estimate of drug-likeness (QED) is 0.453. The number of allylic oxidation sites excluding steroid dienone is 2. The second kappa shape index (κ2) is 8.17. The van der Waals surface area contributed by atoms with Crippen molar-refractivity contribution in [2.75, 3.05) is 0 Å². The Balaban J connectivity index is 0.000000815. The first-order chi connectivity index (χ1) is 11.7. The third kappa shape index (κ3) is 3.50. The molecule has 2 atom stereocenters. The summed E-state index contributed by atoms with van der Waals surface area (Å²) >= 11 is 14.7. The molecule has 0 bridgehead atoms. The summed E-state index contributed by atoms with van der Waals surface area (Å²) in [4.78, 5) is 0. The van der Waals surface area contributed by atoms with Gasteiger partial charge in [-0.1, -0.05) is 60.7 Å². The average molecular weight is 434 g/mol. The van der Waals surface area contributed by atoms with Crippen LogP contribution in [0.2, 0.25) is 4.63 Å². The molecule has 0 amide bonds. The van der Waals surface area contributed by atoms with Gasteiger partial charge in [-0.2, -0.15) is 0 Å². The fraction of sp³-hybridized carbons (Fsp3) is 0.238. The van der Waals surface area contributed by atoms with E-state index in [1.807, 2.05) is 0 Å². The first-order valence-electron chi connectivity index (χ1n) is 8.11. The molecule has 0 nitrogen and oxygen atoms in total. The molecule has 0 saturated carbocycles. The van der Waals surface area contributed by atoms with Crippen LogP contribution in [-0.4, -0.2) is 0 Å². The Labute approximate surface area is 169 Å². The summed E-state index contributed by atoms with van der Waals surface area (Å²) < 4.78 is 2.09. The van der Waals surface area contributed by atoms with Gasteiger partial charge in [-0.25, -0.2) is 0 Å². The van der Waals surface area contributed by atoms with Crippen LogP contribution in [0, 0.1) is 0 Å². The maximum absolute atomic E-state index is 6.60. The van der Waals surface area contributed by atoms with Gasteiger partial charge < -0.3 is 0 Å². The Morgan fingerprint density at radius 2 is 1.08 bits per heavy atom. The molecule has 0 aromatic heterocycles. The number of fused-ring (bicyclic) bond motifs is 2. The molecule has 0 aliphatic heterocycles. The number of rotatable bonds is 3. The summed E-state index contributed by atoms with van der Waals surface area (Å²) in [6, 6.07) is 16.7. The third-order valence-corrected chi connectivity index (χ3v) is 5.60. The van der Waals surface area contributed by atoms with Gasteiger partial charge in [0.2, 0.25) is 0 Å². The molecule has 2 unspecified atom stereocenters. The Hall–Kier alpha value is -0.617. The normalized spacial score (nSPS) is 20.4. The predicted octanol–water partition coefficient (Wildman–Crippen LogP) is 7.10. The standard InChI is InChI=1S/C20H16Cl2.CH3.Zr/c21-19-15(11-13-5-1-3-7-17(13)19)9-10-16-12-14-6-2-4-8-18(14)20(16)22;;/h1-8,11-12,19-20H,9-10H2;1H3;. The van der Waals surface area contributed by atoms with Crippen LogP contribution in [0.1, 0.15) is 45.8 Å². The van der Waals surface area contributed by atoms with Gasteiger partial charge in [0.05, 0.1) is 10.8 Å². The number of alkyl halides is 2. The zero-order chi connectivity index (χ0) is 17.1. The van der Waals surface area contributed by atoms with Crippen molar-refractivity contribution in [1.82, 2.24) is 0 Å². The van der Waals surface area contributed by atoms with Gasteiger partial charge in [-0.3, -0.25) is 0 Å². The van der Waals surface area contributed by atoms with Gasteiger partial charge in [0.1, 0.15) is 0 Å². The molecule has 3 heteroatoms. The first-order valence-corrected chi connectivity index (χ1v) is 11.4. The average Bonchev–Trinajstić information content (AvgIpc) is 3.13. The van der Waals surface area contributed by atoms with E-state index in [1.54, 1.807) is 24.7 Å². The molecule has 0 radical (unpaired) electrons. The topological polar surface area (TPSA) is 0 Å². The Morgan fingerprint density at radius 1 is 0.708 bits per heavy atom. The predicted molar refractivity (Wildman–Crippen MR) is 101 cm³/mol. The van der Waals surface area contributed by atoms with E-state index in [1.165, 1.54) is 33.4 Å². The van der Waals surface area contributed by atoms with Crippen LogP contribution < -0.4 is 0 Å². The van der Waals surface area contributed by atoms with Crippen LogP contribution in [0.3, 0.4) is 0 Å². The number of hydrogen-bond donors (Lipinski definition) is 0. The molecule has 4 rings (SSSR count). The van der Waals surface area contributed by atoms with Gasteiger partial charge in [0.25, 0.3) is 0 Å². The summed E-state index contributed by atoms with van der Waals surface area (Å²) in [6.45, 7) is 0. The van der Waals surface area contributed by atoms with Crippen molar-refractivity contribution in [2.45, 2.75) is 28.2 Å². The third-order valence-electron chi connectivity index (χ3n) is 4.57. The van der Waals surface area contributed by atoms with Gasteiger partial charge in [0.15, 0.2) is 0 Å². The van der Waals surface area contributed by atoms with E-state index in [0.717, 1.165) is 12.8 Å². The molecule has 2 aliphatic rings. The van der Waals surface area contributed by atoms with Crippen molar-refractivity contribution in [2.24, 2.45) is 0 Å². The molecule has 121 valence electrons. The number of hydrogen-bond acceptors (Lipinski definition) is 0. The van der Waals surface area contributed by atoms with E-state index in [-0.39, 0.29) is 10.8 Å². The number of benzene rings is 2. The molecule has 0 N–H and O–H groups in total. The molecular formula is C21H19Cl2Zr. The van der Waals surface area contributed by atoms with Crippen molar-refractivity contribution in [3.8, 4) is 0 Å². The van der Waals surface area contributed by atoms with Crippen LogP contribution in [-0.2, 0) is 24.7 Å².